The molecule has 0 aliphatic heterocycles. The second-order valence-corrected chi connectivity index (χ2v) is 6.95. The summed E-state index contributed by atoms with van der Waals surface area (Å²) in [5, 5.41) is 5.14. The quantitative estimate of drug-likeness (QED) is 0.673. The number of carbonyl (C=O) groups excluding carboxylic acids is 2. The summed E-state index contributed by atoms with van der Waals surface area (Å²) in [5.41, 5.74) is 6.72. The van der Waals surface area contributed by atoms with E-state index in [1.165, 1.54) is 17.4 Å². The number of thiophene rings is 2. The molecule has 0 radical (unpaired) electrons. The highest BCUT2D eigenvalue weighted by Crippen LogP contribution is 2.35. The number of nitrogens with two attached hydrogens (primary N) is 1. The molecule has 24 heavy (non-hydrogen) atoms. The Hall–Kier alpha value is -2.70. The van der Waals surface area contributed by atoms with Crippen molar-refractivity contribution >= 4 is 45.6 Å². The molecule has 3 N–H and O–H groups in total. The van der Waals surface area contributed by atoms with Crippen LogP contribution in [0.2, 0.25) is 0 Å². The van der Waals surface area contributed by atoms with Gasteiger partial charge in [-0.1, -0.05) is 36.4 Å². The van der Waals surface area contributed by atoms with Crippen molar-refractivity contribution in [1.29, 1.82) is 0 Å². The lowest BCUT2D eigenvalue weighted by molar-refractivity contribution is -0.111. The van der Waals surface area contributed by atoms with Gasteiger partial charge in [-0.05, 0) is 29.2 Å². The molecule has 2 aromatic heterocycles. The minimum atomic E-state index is -0.564. The topological polar surface area (TPSA) is 72.2 Å². The zero-order valence-electron chi connectivity index (χ0n) is 12.6. The molecule has 0 unspecified atom stereocenters. The predicted octanol–water partition coefficient (Wildman–Crippen LogP) is 4.23. The monoisotopic (exact) mass is 354 g/mol. The first-order valence-electron chi connectivity index (χ1n) is 7.15. The van der Waals surface area contributed by atoms with Gasteiger partial charge in [0.15, 0.2) is 0 Å². The molecule has 0 aliphatic carbocycles. The van der Waals surface area contributed by atoms with E-state index in [9.17, 15) is 9.59 Å². The Morgan fingerprint density at radius 1 is 1.08 bits per heavy atom. The molecule has 1 aromatic carbocycles. The van der Waals surface area contributed by atoms with Crippen molar-refractivity contribution in [1.82, 2.24) is 0 Å². The summed E-state index contributed by atoms with van der Waals surface area (Å²) in [5.74, 6) is -0.863. The molecule has 0 spiro atoms. The van der Waals surface area contributed by atoms with Gasteiger partial charge in [0.05, 0.1) is 5.56 Å². The predicted molar refractivity (Wildman–Crippen MR) is 100 cm³/mol. The van der Waals surface area contributed by atoms with E-state index in [0.29, 0.717) is 10.6 Å². The van der Waals surface area contributed by atoms with Crippen LogP contribution in [0.3, 0.4) is 0 Å². The van der Waals surface area contributed by atoms with Crippen molar-refractivity contribution in [3.63, 3.8) is 0 Å². The van der Waals surface area contributed by atoms with Crippen LogP contribution in [0.4, 0.5) is 5.00 Å². The van der Waals surface area contributed by atoms with E-state index >= 15 is 0 Å². The number of hydrogen-bond donors (Lipinski definition) is 2. The van der Waals surface area contributed by atoms with E-state index < -0.39 is 5.91 Å². The average Bonchev–Trinajstić information content (AvgIpc) is 3.23. The Morgan fingerprint density at radius 3 is 2.54 bits per heavy atom. The van der Waals surface area contributed by atoms with Gasteiger partial charge >= 0.3 is 0 Å². The molecular formula is C18H14N2O2S2. The summed E-state index contributed by atoms with van der Waals surface area (Å²) >= 11 is 2.87. The van der Waals surface area contributed by atoms with Gasteiger partial charge in [0.25, 0.3) is 5.91 Å². The largest absolute Gasteiger partial charge is 0.366 e. The maximum Gasteiger partial charge on any atom is 0.251 e. The zero-order valence-corrected chi connectivity index (χ0v) is 14.2. The van der Waals surface area contributed by atoms with Gasteiger partial charge in [0.2, 0.25) is 5.91 Å². The Bertz CT molecular complexity index is 881. The van der Waals surface area contributed by atoms with E-state index in [1.54, 1.807) is 23.5 Å². The minimum Gasteiger partial charge on any atom is -0.366 e. The fourth-order valence-corrected chi connectivity index (χ4v) is 3.80. The molecule has 6 heteroatoms. The average molecular weight is 354 g/mol. The fraction of sp³-hybridized carbons (Fsp3) is 0. The van der Waals surface area contributed by atoms with E-state index in [2.05, 4.69) is 5.32 Å². The molecular weight excluding hydrogens is 340 g/mol. The maximum absolute atomic E-state index is 12.1. The van der Waals surface area contributed by atoms with E-state index in [0.717, 1.165) is 15.3 Å². The number of hydrogen-bond acceptors (Lipinski definition) is 4. The molecule has 3 rings (SSSR count). The highest BCUT2D eigenvalue weighted by molar-refractivity contribution is 7.20. The van der Waals surface area contributed by atoms with Crippen molar-refractivity contribution < 1.29 is 9.59 Å². The lowest BCUT2D eigenvalue weighted by atomic mass is 10.1. The normalized spacial score (nSPS) is 10.8. The second kappa shape index (κ2) is 7.25. The molecule has 4 nitrogen and oxygen atoms in total. The standard InChI is InChI=1S/C18H14N2O2S2/c19-17(22)14-11-15(12-5-2-1-3-6-12)24-18(14)20-16(21)9-8-13-7-4-10-23-13/h1-11H,(H2,19,22)(H,20,21). The van der Waals surface area contributed by atoms with Gasteiger partial charge in [-0.25, -0.2) is 0 Å². The summed E-state index contributed by atoms with van der Waals surface area (Å²) in [6, 6.07) is 15.2. The Balaban J connectivity index is 1.83. The van der Waals surface area contributed by atoms with Gasteiger partial charge in [-0.15, -0.1) is 22.7 Å². The van der Waals surface area contributed by atoms with Crippen molar-refractivity contribution in [2.24, 2.45) is 5.73 Å². The van der Waals surface area contributed by atoms with Crippen LogP contribution in [0.25, 0.3) is 16.5 Å². The van der Waals surface area contributed by atoms with Crippen molar-refractivity contribution in [3.05, 3.63) is 70.4 Å². The number of amides is 2. The lowest BCUT2D eigenvalue weighted by Crippen LogP contribution is -2.14. The Kier molecular flexibility index (Phi) is 4.88. The van der Waals surface area contributed by atoms with Crippen LogP contribution < -0.4 is 11.1 Å². The molecule has 0 aliphatic rings. The number of carbonyl (C=O) groups is 2. The molecule has 0 fully saturated rings. The lowest BCUT2D eigenvalue weighted by Gasteiger charge is -2.00. The van der Waals surface area contributed by atoms with Crippen LogP contribution in [-0.4, -0.2) is 11.8 Å². The van der Waals surface area contributed by atoms with Crippen LogP contribution in [0.1, 0.15) is 15.2 Å². The van der Waals surface area contributed by atoms with Gasteiger partial charge in [0, 0.05) is 15.8 Å². The van der Waals surface area contributed by atoms with Crippen LogP contribution in [0, 0.1) is 0 Å². The minimum absolute atomic E-state index is 0.299. The molecule has 3 aromatic rings. The molecule has 2 heterocycles. The Morgan fingerprint density at radius 2 is 1.88 bits per heavy atom. The summed E-state index contributed by atoms with van der Waals surface area (Å²) in [6.07, 6.45) is 3.17. The van der Waals surface area contributed by atoms with Crippen LogP contribution in [0.5, 0.6) is 0 Å². The van der Waals surface area contributed by atoms with E-state index in [1.807, 2.05) is 47.8 Å². The zero-order chi connectivity index (χ0) is 16.9. The van der Waals surface area contributed by atoms with Crippen LogP contribution >= 0.6 is 22.7 Å². The third-order valence-electron chi connectivity index (χ3n) is 3.23. The number of primary amides is 1. The third kappa shape index (κ3) is 3.79. The van der Waals surface area contributed by atoms with Crippen LogP contribution in [0.15, 0.2) is 60.0 Å². The summed E-state index contributed by atoms with van der Waals surface area (Å²) in [7, 11) is 0. The van der Waals surface area contributed by atoms with Crippen LogP contribution in [-0.2, 0) is 4.79 Å². The van der Waals surface area contributed by atoms with Crippen molar-refractivity contribution in [2.75, 3.05) is 5.32 Å². The molecule has 0 saturated carbocycles. The SMILES string of the molecule is NC(=O)c1cc(-c2ccccc2)sc1NC(=O)C=Cc1cccs1. The van der Waals surface area contributed by atoms with Gasteiger partial charge in [0.1, 0.15) is 5.00 Å². The van der Waals surface area contributed by atoms with Gasteiger partial charge < -0.3 is 11.1 Å². The Labute approximate surface area is 147 Å². The number of nitrogens with one attached hydrogen (secondary N) is 1. The maximum atomic E-state index is 12.1. The smallest absolute Gasteiger partial charge is 0.251 e. The van der Waals surface area contributed by atoms with Crippen molar-refractivity contribution in [2.45, 2.75) is 0 Å². The number of benzene rings is 1. The summed E-state index contributed by atoms with van der Waals surface area (Å²) in [6.45, 7) is 0. The first-order chi connectivity index (χ1) is 11.6. The van der Waals surface area contributed by atoms with E-state index in [4.69, 9.17) is 5.73 Å². The first kappa shape index (κ1) is 16.2. The van der Waals surface area contributed by atoms with Gasteiger partial charge in [-0.2, -0.15) is 0 Å². The number of anilines is 1. The highest BCUT2D eigenvalue weighted by Gasteiger charge is 2.16. The first-order valence-corrected chi connectivity index (χ1v) is 8.85. The third-order valence-corrected chi connectivity index (χ3v) is 5.17. The molecule has 0 bridgehead atoms. The molecule has 2 amide bonds. The second-order valence-electron chi connectivity index (χ2n) is 4.92. The summed E-state index contributed by atoms with van der Waals surface area (Å²) in [4.78, 5) is 25.6. The van der Waals surface area contributed by atoms with E-state index in [-0.39, 0.29) is 5.91 Å². The fourth-order valence-electron chi connectivity index (χ4n) is 2.11. The molecule has 0 saturated heterocycles. The summed E-state index contributed by atoms with van der Waals surface area (Å²) < 4.78 is 0. The number of rotatable bonds is 5. The molecule has 120 valence electrons. The highest BCUT2D eigenvalue weighted by atomic mass is 32.1. The van der Waals surface area contributed by atoms with Crippen molar-refractivity contribution in [3.8, 4) is 10.4 Å². The molecule has 0 atom stereocenters. The van der Waals surface area contributed by atoms with Gasteiger partial charge in [-0.3, -0.25) is 9.59 Å².